The molecule has 1 amide bonds. The summed E-state index contributed by atoms with van der Waals surface area (Å²) in [5, 5.41) is 0.663. The van der Waals surface area contributed by atoms with Gasteiger partial charge in [-0.15, -0.1) is 0 Å². The van der Waals surface area contributed by atoms with Crippen LogP contribution in [0.3, 0.4) is 0 Å². The van der Waals surface area contributed by atoms with Crippen LogP contribution >= 0.6 is 11.6 Å². The molecular formula is C22H24ClNO. The van der Waals surface area contributed by atoms with E-state index in [0.717, 1.165) is 18.9 Å². The average molecular weight is 354 g/mol. The van der Waals surface area contributed by atoms with Gasteiger partial charge in [0.2, 0.25) is 0 Å². The molecule has 0 bridgehead atoms. The topological polar surface area (TPSA) is 20.3 Å². The number of benzene rings is 2. The van der Waals surface area contributed by atoms with Gasteiger partial charge in [-0.05, 0) is 66.1 Å². The van der Waals surface area contributed by atoms with Crippen LogP contribution in [-0.4, -0.2) is 17.4 Å². The highest BCUT2D eigenvalue weighted by Gasteiger charge is 2.23. The number of carbonyl (C=O) groups excluding carboxylic acids is 1. The van der Waals surface area contributed by atoms with Crippen molar-refractivity contribution in [1.29, 1.82) is 0 Å². The molecule has 0 unspecified atom stereocenters. The molecule has 0 saturated heterocycles. The Balaban J connectivity index is 1.49. The molecule has 1 heterocycles. The van der Waals surface area contributed by atoms with Gasteiger partial charge in [-0.3, -0.25) is 4.79 Å². The third kappa shape index (κ3) is 3.59. The first-order valence-electron chi connectivity index (χ1n) is 9.37. The lowest BCUT2D eigenvalue weighted by molar-refractivity contribution is 0.0734. The van der Waals surface area contributed by atoms with E-state index < -0.39 is 0 Å². The van der Waals surface area contributed by atoms with Crippen molar-refractivity contribution in [3.8, 4) is 0 Å². The second-order valence-corrected chi connectivity index (χ2v) is 7.78. The predicted molar refractivity (Wildman–Crippen MR) is 102 cm³/mol. The van der Waals surface area contributed by atoms with E-state index in [9.17, 15) is 4.79 Å². The number of nitrogens with zero attached hydrogens (tertiary/aromatic N) is 1. The van der Waals surface area contributed by atoms with Crippen molar-refractivity contribution in [3.63, 3.8) is 0 Å². The molecule has 2 aromatic rings. The lowest BCUT2D eigenvalue weighted by atomic mass is 9.82. The van der Waals surface area contributed by atoms with Crippen molar-refractivity contribution in [2.45, 2.75) is 51.0 Å². The molecule has 2 aromatic carbocycles. The summed E-state index contributed by atoms with van der Waals surface area (Å²) in [6, 6.07) is 14.1. The fourth-order valence-electron chi connectivity index (χ4n) is 4.21. The molecule has 1 saturated carbocycles. The standard InChI is InChI=1S/C22H24ClNO/c23-21-10-8-17(9-11-21)22(25)24-13-12-19-14-18(6-7-20(19)15-24)16-4-2-1-3-5-16/h6-11,14,16H,1-5,12-13,15H2. The third-order valence-corrected chi connectivity index (χ3v) is 5.95. The van der Waals surface area contributed by atoms with Crippen molar-refractivity contribution in [2.24, 2.45) is 0 Å². The monoisotopic (exact) mass is 353 g/mol. The molecular weight excluding hydrogens is 330 g/mol. The Morgan fingerprint density at radius 3 is 2.48 bits per heavy atom. The van der Waals surface area contributed by atoms with Crippen molar-refractivity contribution < 1.29 is 4.79 Å². The summed E-state index contributed by atoms with van der Waals surface area (Å²) in [7, 11) is 0. The van der Waals surface area contributed by atoms with Gasteiger partial charge in [-0.25, -0.2) is 0 Å². The molecule has 3 heteroatoms. The molecule has 0 N–H and O–H groups in total. The second-order valence-electron chi connectivity index (χ2n) is 7.35. The maximum absolute atomic E-state index is 12.7. The molecule has 4 rings (SSSR count). The van der Waals surface area contributed by atoms with Crippen LogP contribution in [0, 0.1) is 0 Å². The first-order chi connectivity index (χ1) is 12.2. The average Bonchev–Trinajstić information content (AvgIpc) is 2.68. The molecule has 0 spiro atoms. The van der Waals surface area contributed by atoms with Gasteiger partial charge in [0.05, 0.1) is 0 Å². The van der Waals surface area contributed by atoms with Crippen LogP contribution in [0.2, 0.25) is 5.02 Å². The second kappa shape index (κ2) is 7.21. The van der Waals surface area contributed by atoms with Crippen molar-refractivity contribution in [3.05, 3.63) is 69.7 Å². The van der Waals surface area contributed by atoms with Gasteiger partial charge < -0.3 is 4.90 Å². The molecule has 2 nitrogen and oxygen atoms in total. The summed E-state index contributed by atoms with van der Waals surface area (Å²) in [5.41, 5.74) is 4.96. The van der Waals surface area contributed by atoms with Crippen LogP contribution in [0.25, 0.3) is 0 Å². The van der Waals surface area contributed by atoms with Gasteiger partial charge in [-0.2, -0.15) is 0 Å². The highest BCUT2D eigenvalue weighted by molar-refractivity contribution is 6.30. The molecule has 2 aliphatic rings. The molecule has 0 atom stereocenters. The van der Waals surface area contributed by atoms with E-state index in [-0.39, 0.29) is 5.91 Å². The third-order valence-electron chi connectivity index (χ3n) is 5.70. The first kappa shape index (κ1) is 16.7. The number of halogens is 1. The van der Waals surface area contributed by atoms with Crippen molar-refractivity contribution >= 4 is 17.5 Å². The van der Waals surface area contributed by atoms with Crippen molar-refractivity contribution in [1.82, 2.24) is 4.90 Å². The number of amides is 1. The maximum Gasteiger partial charge on any atom is 0.254 e. The van der Waals surface area contributed by atoms with E-state index in [1.54, 1.807) is 12.1 Å². The van der Waals surface area contributed by atoms with Gasteiger partial charge >= 0.3 is 0 Å². The SMILES string of the molecule is O=C(c1ccc(Cl)cc1)N1CCc2cc(C3CCCCC3)ccc2C1. The summed E-state index contributed by atoms with van der Waals surface area (Å²) in [6.45, 7) is 1.50. The molecule has 1 aliphatic carbocycles. The zero-order valence-corrected chi connectivity index (χ0v) is 15.3. The largest absolute Gasteiger partial charge is 0.334 e. The summed E-state index contributed by atoms with van der Waals surface area (Å²) < 4.78 is 0. The summed E-state index contributed by atoms with van der Waals surface area (Å²) in [4.78, 5) is 14.7. The fraction of sp³-hybridized carbons (Fsp3) is 0.409. The Morgan fingerprint density at radius 2 is 1.72 bits per heavy atom. The van der Waals surface area contributed by atoms with Crippen LogP contribution < -0.4 is 0 Å². The van der Waals surface area contributed by atoms with Crippen molar-refractivity contribution in [2.75, 3.05) is 6.54 Å². The normalized spacial score (nSPS) is 18.0. The number of hydrogen-bond donors (Lipinski definition) is 0. The minimum Gasteiger partial charge on any atom is -0.334 e. The van der Waals surface area contributed by atoms with Gasteiger partial charge in [0.15, 0.2) is 0 Å². The van der Waals surface area contributed by atoms with E-state index >= 15 is 0 Å². The minimum absolute atomic E-state index is 0.0960. The van der Waals surface area contributed by atoms with Gasteiger partial charge in [0, 0.05) is 23.7 Å². The fourth-order valence-corrected chi connectivity index (χ4v) is 4.34. The number of carbonyl (C=O) groups is 1. The van der Waals surface area contributed by atoms with Crippen LogP contribution in [0.1, 0.15) is 65.1 Å². The number of hydrogen-bond acceptors (Lipinski definition) is 1. The Morgan fingerprint density at radius 1 is 0.960 bits per heavy atom. The van der Waals surface area contributed by atoms with E-state index in [4.69, 9.17) is 11.6 Å². The molecule has 0 aromatic heterocycles. The molecule has 1 aliphatic heterocycles. The first-order valence-corrected chi connectivity index (χ1v) is 9.75. The zero-order valence-electron chi connectivity index (χ0n) is 14.5. The summed E-state index contributed by atoms with van der Waals surface area (Å²) >= 11 is 5.92. The minimum atomic E-state index is 0.0960. The lowest BCUT2D eigenvalue weighted by Crippen LogP contribution is -2.36. The van der Waals surface area contributed by atoms with Crippen LogP contribution in [0.15, 0.2) is 42.5 Å². The molecule has 25 heavy (non-hydrogen) atoms. The van der Waals surface area contributed by atoms with E-state index in [2.05, 4.69) is 18.2 Å². The quantitative estimate of drug-likeness (QED) is 0.689. The highest BCUT2D eigenvalue weighted by Crippen LogP contribution is 2.34. The predicted octanol–water partition coefficient (Wildman–Crippen LogP) is 5.59. The number of rotatable bonds is 2. The van der Waals surface area contributed by atoms with Crippen LogP contribution in [0.5, 0.6) is 0 Å². The summed E-state index contributed by atoms with van der Waals surface area (Å²) in [6.07, 6.45) is 7.74. The molecule has 1 fully saturated rings. The van der Waals surface area contributed by atoms with E-state index in [0.29, 0.717) is 17.1 Å². The van der Waals surface area contributed by atoms with Crippen LogP contribution in [-0.2, 0) is 13.0 Å². The maximum atomic E-state index is 12.7. The highest BCUT2D eigenvalue weighted by atomic mass is 35.5. The van der Waals surface area contributed by atoms with Crippen LogP contribution in [0.4, 0.5) is 0 Å². The Hall–Kier alpha value is -1.80. The van der Waals surface area contributed by atoms with Gasteiger partial charge in [-0.1, -0.05) is 49.1 Å². The van der Waals surface area contributed by atoms with E-state index in [1.807, 2.05) is 17.0 Å². The number of fused-ring (bicyclic) bond motifs is 1. The Labute approximate surface area is 154 Å². The molecule has 130 valence electrons. The Kier molecular flexibility index (Phi) is 4.80. The van der Waals surface area contributed by atoms with Gasteiger partial charge in [0.25, 0.3) is 5.91 Å². The smallest absolute Gasteiger partial charge is 0.254 e. The Bertz CT molecular complexity index is 762. The zero-order chi connectivity index (χ0) is 17.2. The van der Waals surface area contributed by atoms with E-state index in [1.165, 1.54) is 48.8 Å². The lowest BCUT2D eigenvalue weighted by Gasteiger charge is -2.30. The molecule has 0 radical (unpaired) electrons. The van der Waals surface area contributed by atoms with Gasteiger partial charge in [0.1, 0.15) is 0 Å². The summed E-state index contributed by atoms with van der Waals surface area (Å²) in [5.74, 6) is 0.839.